The van der Waals surface area contributed by atoms with Gasteiger partial charge in [0.25, 0.3) is 0 Å². The number of aliphatic hydroxyl groups excluding tert-OH is 1. The monoisotopic (exact) mass is 197 g/mol. The van der Waals surface area contributed by atoms with Crippen molar-refractivity contribution in [2.75, 3.05) is 0 Å². The van der Waals surface area contributed by atoms with Crippen molar-refractivity contribution in [3.05, 3.63) is 18.2 Å². The fourth-order valence-corrected chi connectivity index (χ4v) is 1.40. The van der Waals surface area contributed by atoms with Crippen LogP contribution in [0.5, 0.6) is 0 Å². The lowest BCUT2D eigenvalue weighted by atomic mass is 9.98. The average Bonchev–Trinajstić information content (AvgIpc) is 2.62. The molecule has 0 aliphatic heterocycles. The van der Waals surface area contributed by atoms with Crippen LogP contribution in [0.2, 0.25) is 0 Å². The van der Waals surface area contributed by atoms with Crippen molar-refractivity contribution in [3.63, 3.8) is 0 Å². The number of nitrogens with two attached hydrogens (primary N) is 1. The molecule has 0 amide bonds. The van der Waals surface area contributed by atoms with Crippen LogP contribution in [0.25, 0.3) is 0 Å². The van der Waals surface area contributed by atoms with Crippen LogP contribution in [0.15, 0.2) is 12.5 Å². The van der Waals surface area contributed by atoms with Crippen molar-refractivity contribution in [3.8, 4) is 0 Å². The van der Waals surface area contributed by atoms with Crippen LogP contribution in [-0.4, -0.2) is 20.7 Å². The van der Waals surface area contributed by atoms with Gasteiger partial charge in [-0.3, -0.25) is 0 Å². The molecule has 4 heteroatoms. The van der Waals surface area contributed by atoms with Crippen molar-refractivity contribution < 1.29 is 5.11 Å². The van der Waals surface area contributed by atoms with E-state index in [0.717, 1.165) is 12.2 Å². The van der Waals surface area contributed by atoms with Crippen molar-refractivity contribution >= 4 is 0 Å². The van der Waals surface area contributed by atoms with Gasteiger partial charge in [0, 0.05) is 12.6 Å². The third-order valence-electron chi connectivity index (χ3n) is 2.52. The summed E-state index contributed by atoms with van der Waals surface area (Å²) in [5, 5.41) is 9.97. The van der Waals surface area contributed by atoms with Gasteiger partial charge in [-0.05, 0) is 12.8 Å². The lowest BCUT2D eigenvalue weighted by molar-refractivity contribution is 0.118. The zero-order chi connectivity index (χ0) is 10.7. The summed E-state index contributed by atoms with van der Waals surface area (Å²) in [4.78, 5) is 4.00. The Labute approximate surface area is 84.8 Å². The highest BCUT2D eigenvalue weighted by molar-refractivity contribution is 5.05. The summed E-state index contributed by atoms with van der Waals surface area (Å²) in [7, 11) is 0. The van der Waals surface area contributed by atoms with Crippen LogP contribution < -0.4 is 5.73 Å². The second-order valence-electron chi connectivity index (χ2n) is 3.87. The molecule has 0 fully saturated rings. The van der Waals surface area contributed by atoms with E-state index in [4.69, 9.17) is 5.73 Å². The smallest absolute Gasteiger partial charge is 0.111 e. The van der Waals surface area contributed by atoms with Crippen LogP contribution >= 0.6 is 0 Å². The van der Waals surface area contributed by atoms with Gasteiger partial charge in [-0.25, -0.2) is 4.98 Å². The van der Waals surface area contributed by atoms with E-state index in [1.165, 1.54) is 0 Å². The van der Waals surface area contributed by atoms with Gasteiger partial charge in [-0.15, -0.1) is 0 Å². The number of aryl methyl sites for hydroxylation is 1. The molecule has 1 aromatic heterocycles. The summed E-state index contributed by atoms with van der Waals surface area (Å²) >= 11 is 0. The van der Waals surface area contributed by atoms with E-state index in [2.05, 4.69) is 4.98 Å². The minimum absolute atomic E-state index is 0.239. The van der Waals surface area contributed by atoms with E-state index in [1.807, 2.05) is 25.3 Å². The topological polar surface area (TPSA) is 64.1 Å². The molecular weight excluding hydrogens is 178 g/mol. The Hall–Kier alpha value is -0.870. The average molecular weight is 197 g/mol. The summed E-state index contributed by atoms with van der Waals surface area (Å²) in [6.07, 6.45) is 2.76. The molecule has 4 nitrogen and oxygen atoms in total. The zero-order valence-corrected chi connectivity index (χ0v) is 9.01. The summed E-state index contributed by atoms with van der Waals surface area (Å²) in [6.45, 7) is 6.82. The Kier molecular flexibility index (Phi) is 3.66. The highest BCUT2D eigenvalue weighted by atomic mass is 16.3. The predicted octanol–water partition coefficient (Wildman–Crippen LogP) is 0.920. The Morgan fingerprint density at radius 3 is 2.71 bits per heavy atom. The number of hydrogen-bond acceptors (Lipinski definition) is 3. The van der Waals surface area contributed by atoms with Gasteiger partial charge in [0.05, 0.1) is 18.2 Å². The van der Waals surface area contributed by atoms with E-state index in [0.29, 0.717) is 0 Å². The Morgan fingerprint density at radius 1 is 1.57 bits per heavy atom. The molecule has 0 aliphatic rings. The molecule has 2 atom stereocenters. The first-order valence-electron chi connectivity index (χ1n) is 5.01. The summed E-state index contributed by atoms with van der Waals surface area (Å²) in [5.74, 6) is 0.255. The first kappa shape index (κ1) is 11.2. The van der Waals surface area contributed by atoms with Crippen LogP contribution in [0.1, 0.15) is 32.6 Å². The van der Waals surface area contributed by atoms with E-state index in [9.17, 15) is 5.11 Å². The second kappa shape index (κ2) is 4.57. The minimum Gasteiger partial charge on any atom is -0.385 e. The molecule has 0 spiro atoms. The van der Waals surface area contributed by atoms with Crippen LogP contribution in [0.3, 0.4) is 0 Å². The lowest BCUT2D eigenvalue weighted by Gasteiger charge is -2.22. The number of rotatable bonds is 4. The molecule has 14 heavy (non-hydrogen) atoms. The maximum Gasteiger partial charge on any atom is 0.111 e. The van der Waals surface area contributed by atoms with Crippen LogP contribution in [0.4, 0.5) is 0 Å². The van der Waals surface area contributed by atoms with Crippen molar-refractivity contribution in [1.82, 2.24) is 9.55 Å². The third-order valence-corrected chi connectivity index (χ3v) is 2.52. The van der Waals surface area contributed by atoms with Gasteiger partial charge >= 0.3 is 0 Å². The molecule has 0 saturated heterocycles. The molecule has 1 heterocycles. The maximum absolute atomic E-state index is 9.97. The molecule has 0 radical (unpaired) electrons. The molecular formula is C10H19N3O. The quantitative estimate of drug-likeness (QED) is 0.754. The number of aliphatic hydroxyl groups is 1. The zero-order valence-electron chi connectivity index (χ0n) is 9.01. The van der Waals surface area contributed by atoms with Gasteiger partial charge in [0.15, 0.2) is 0 Å². The Bertz CT molecular complexity index is 283. The minimum atomic E-state index is -0.627. The van der Waals surface area contributed by atoms with Gasteiger partial charge in [0.1, 0.15) is 6.10 Å². The number of hydrogen-bond donors (Lipinski definition) is 2. The molecule has 0 bridgehead atoms. The highest BCUT2D eigenvalue weighted by Crippen LogP contribution is 2.19. The maximum atomic E-state index is 9.97. The summed E-state index contributed by atoms with van der Waals surface area (Å²) < 4.78 is 1.91. The molecule has 0 aliphatic carbocycles. The molecule has 0 saturated carbocycles. The molecule has 80 valence electrons. The molecule has 1 aromatic rings. The van der Waals surface area contributed by atoms with Gasteiger partial charge in [0.2, 0.25) is 0 Å². The lowest BCUT2D eigenvalue weighted by Crippen LogP contribution is -2.34. The first-order valence-corrected chi connectivity index (χ1v) is 5.01. The molecule has 1 rings (SSSR count). The fourth-order valence-electron chi connectivity index (χ4n) is 1.40. The summed E-state index contributed by atoms with van der Waals surface area (Å²) in [6, 6.07) is -0.239. The fraction of sp³-hybridized carbons (Fsp3) is 0.700. The van der Waals surface area contributed by atoms with E-state index in [-0.39, 0.29) is 12.0 Å². The second-order valence-corrected chi connectivity index (χ2v) is 3.87. The number of nitrogens with zero attached hydrogens (tertiary/aromatic N) is 2. The molecule has 2 unspecified atom stereocenters. The van der Waals surface area contributed by atoms with Crippen molar-refractivity contribution in [2.24, 2.45) is 11.7 Å². The van der Waals surface area contributed by atoms with Crippen molar-refractivity contribution in [1.29, 1.82) is 0 Å². The Morgan fingerprint density at radius 2 is 2.21 bits per heavy atom. The van der Waals surface area contributed by atoms with Gasteiger partial charge in [-0.1, -0.05) is 13.8 Å². The number of imidazole rings is 1. The molecule has 3 N–H and O–H groups in total. The van der Waals surface area contributed by atoms with E-state index < -0.39 is 6.10 Å². The van der Waals surface area contributed by atoms with Crippen LogP contribution in [-0.2, 0) is 6.54 Å². The van der Waals surface area contributed by atoms with Crippen molar-refractivity contribution in [2.45, 2.75) is 39.5 Å². The standard InChI is InChI=1S/C10H19N3O/c1-4-13-6-12-5-8(13)10(14)9(11)7(2)3/h5-7,9-10,14H,4,11H2,1-3H3. The SMILES string of the molecule is CCn1cncc1C(O)C(N)C(C)C. The predicted molar refractivity (Wildman–Crippen MR) is 55.7 cm³/mol. The van der Waals surface area contributed by atoms with Gasteiger partial charge in [-0.2, -0.15) is 0 Å². The third kappa shape index (κ3) is 2.13. The van der Waals surface area contributed by atoms with E-state index >= 15 is 0 Å². The van der Waals surface area contributed by atoms with E-state index in [1.54, 1.807) is 12.5 Å². The largest absolute Gasteiger partial charge is 0.385 e. The van der Waals surface area contributed by atoms with Gasteiger partial charge < -0.3 is 15.4 Å². The van der Waals surface area contributed by atoms with Crippen LogP contribution in [0, 0.1) is 5.92 Å². The Balaban J connectivity index is 2.83. The number of aromatic nitrogens is 2. The summed E-state index contributed by atoms with van der Waals surface area (Å²) in [5.41, 5.74) is 6.68. The normalized spacial score (nSPS) is 15.9. The molecule has 0 aromatic carbocycles. The highest BCUT2D eigenvalue weighted by Gasteiger charge is 2.22. The first-order chi connectivity index (χ1) is 6.57.